The van der Waals surface area contributed by atoms with Gasteiger partial charge < -0.3 is 10.5 Å². The number of hydrogen-bond acceptors (Lipinski definition) is 3. The molecule has 0 unspecified atom stereocenters. The van der Waals surface area contributed by atoms with Crippen molar-refractivity contribution in [2.75, 3.05) is 0 Å². The van der Waals surface area contributed by atoms with Crippen molar-refractivity contribution in [1.29, 1.82) is 0 Å². The Morgan fingerprint density at radius 1 is 1.13 bits per heavy atom. The molecule has 0 atom stereocenters. The molecule has 0 bridgehead atoms. The van der Waals surface area contributed by atoms with E-state index >= 15 is 0 Å². The number of carbonyl (C=O) groups excluding carboxylic acids is 1. The first-order chi connectivity index (χ1) is 11.0. The number of ether oxygens (including phenoxy) is 1. The molecule has 0 aliphatic carbocycles. The number of fused-ring (bicyclic) bond motifs is 1. The fourth-order valence-corrected chi connectivity index (χ4v) is 2.59. The van der Waals surface area contributed by atoms with Gasteiger partial charge in [0.15, 0.2) is 0 Å². The number of carbonyl (C=O) groups is 1. The molecule has 0 radical (unpaired) electrons. The highest BCUT2D eigenvalue weighted by molar-refractivity contribution is 6.31. The Hall–Kier alpha value is -2.30. The molecule has 3 rings (SSSR count). The Morgan fingerprint density at radius 3 is 2.70 bits per heavy atom. The number of pyridine rings is 1. The third-order valence-electron chi connectivity index (χ3n) is 3.34. The Kier molecular flexibility index (Phi) is 4.37. The molecule has 6 heteroatoms. The van der Waals surface area contributed by atoms with Crippen LogP contribution >= 0.6 is 23.2 Å². The average Bonchev–Trinajstić information content (AvgIpc) is 2.53. The molecule has 4 nitrogen and oxygen atoms in total. The number of primary amides is 1. The number of aromatic nitrogens is 1. The van der Waals surface area contributed by atoms with Gasteiger partial charge in [-0.25, -0.2) is 4.98 Å². The molecule has 0 aliphatic rings. The highest BCUT2D eigenvalue weighted by atomic mass is 35.5. The summed E-state index contributed by atoms with van der Waals surface area (Å²) >= 11 is 12.1. The molecule has 116 valence electrons. The quantitative estimate of drug-likeness (QED) is 0.719. The minimum Gasteiger partial charge on any atom is -0.488 e. The first kappa shape index (κ1) is 15.6. The second kappa shape index (κ2) is 6.44. The van der Waals surface area contributed by atoms with Crippen molar-refractivity contribution in [2.45, 2.75) is 6.61 Å². The van der Waals surface area contributed by atoms with Gasteiger partial charge in [-0.2, -0.15) is 0 Å². The van der Waals surface area contributed by atoms with Crippen LogP contribution in [0.1, 0.15) is 15.9 Å². The minimum atomic E-state index is -0.606. The van der Waals surface area contributed by atoms with Crippen LogP contribution in [-0.2, 0) is 6.61 Å². The summed E-state index contributed by atoms with van der Waals surface area (Å²) in [5, 5.41) is 1.73. The maximum Gasteiger partial charge on any atom is 0.252 e. The fraction of sp³-hybridized carbons (Fsp3) is 0.0588. The Labute approximate surface area is 142 Å². The van der Waals surface area contributed by atoms with Gasteiger partial charge in [0, 0.05) is 16.0 Å². The van der Waals surface area contributed by atoms with Crippen molar-refractivity contribution in [2.24, 2.45) is 5.73 Å². The monoisotopic (exact) mass is 346 g/mol. The molecule has 2 N–H and O–H groups in total. The number of halogens is 2. The normalized spacial score (nSPS) is 10.7. The Bertz CT molecular complexity index is 897. The Balaban J connectivity index is 1.89. The van der Waals surface area contributed by atoms with Crippen molar-refractivity contribution >= 4 is 40.0 Å². The number of nitrogens with zero attached hydrogens (tertiary/aromatic N) is 1. The lowest BCUT2D eigenvalue weighted by Gasteiger charge is -2.11. The summed E-state index contributed by atoms with van der Waals surface area (Å²) in [6, 6.07) is 14.3. The van der Waals surface area contributed by atoms with Crippen LogP contribution in [0.5, 0.6) is 5.75 Å². The first-order valence-corrected chi connectivity index (χ1v) is 7.56. The molecular weight excluding hydrogens is 335 g/mol. The lowest BCUT2D eigenvalue weighted by molar-refractivity contribution is 0.0996. The zero-order valence-electron chi connectivity index (χ0n) is 11.9. The largest absolute Gasteiger partial charge is 0.488 e. The van der Waals surface area contributed by atoms with Crippen LogP contribution in [-0.4, -0.2) is 10.9 Å². The summed E-state index contributed by atoms with van der Waals surface area (Å²) in [5.41, 5.74) is 7.09. The smallest absolute Gasteiger partial charge is 0.252 e. The zero-order chi connectivity index (χ0) is 16.4. The van der Waals surface area contributed by atoms with E-state index in [0.717, 1.165) is 16.5 Å². The van der Waals surface area contributed by atoms with Gasteiger partial charge in [-0.1, -0.05) is 41.4 Å². The molecule has 23 heavy (non-hydrogen) atoms. The van der Waals surface area contributed by atoms with Crippen molar-refractivity contribution in [3.8, 4) is 5.75 Å². The summed E-state index contributed by atoms with van der Waals surface area (Å²) in [5.74, 6) is -0.253. The molecule has 0 saturated carbocycles. The second-order valence-electron chi connectivity index (χ2n) is 4.92. The molecule has 0 spiro atoms. The number of amides is 1. The zero-order valence-corrected chi connectivity index (χ0v) is 13.4. The number of nitrogens with two attached hydrogens (primary N) is 1. The van der Waals surface area contributed by atoms with Crippen molar-refractivity contribution in [3.05, 3.63) is 69.8 Å². The van der Waals surface area contributed by atoms with Crippen LogP contribution in [0.15, 0.2) is 48.5 Å². The molecule has 0 fully saturated rings. The average molecular weight is 347 g/mol. The predicted octanol–water partition coefficient (Wildman–Crippen LogP) is 4.22. The standard InChI is InChI=1S/C17H12Cl2N2O2/c18-12-5-6-15(13(8-12)17(20)22)23-9-11-7-10-3-1-2-4-14(10)21-16(11)19/h1-8H,9H2,(H2,20,22). The lowest BCUT2D eigenvalue weighted by atomic mass is 10.1. The van der Waals surface area contributed by atoms with E-state index in [2.05, 4.69) is 4.98 Å². The highest BCUT2D eigenvalue weighted by Crippen LogP contribution is 2.26. The van der Waals surface area contributed by atoms with E-state index < -0.39 is 5.91 Å². The van der Waals surface area contributed by atoms with Crippen molar-refractivity contribution in [1.82, 2.24) is 4.98 Å². The maximum atomic E-state index is 11.5. The number of hydrogen-bond donors (Lipinski definition) is 1. The Morgan fingerprint density at radius 2 is 1.91 bits per heavy atom. The van der Waals surface area contributed by atoms with Crippen LogP contribution in [0.25, 0.3) is 10.9 Å². The van der Waals surface area contributed by atoms with Crippen LogP contribution < -0.4 is 10.5 Å². The van der Waals surface area contributed by atoms with E-state index in [1.807, 2.05) is 30.3 Å². The van der Waals surface area contributed by atoms with Crippen molar-refractivity contribution < 1.29 is 9.53 Å². The summed E-state index contributed by atoms with van der Waals surface area (Å²) in [6.07, 6.45) is 0. The van der Waals surface area contributed by atoms with Gasteiger partial charge in [-0.3, -0.25) is 4.79 Å². The molecule has 1 amide bonds. The van der Waals surface area contributed by atoms with E-state index in [0.29, 0.717) is 15.9 Å². The van der Waals surface area contributed by atoms with Gasteiger partial charge in [0.05, 0.1) is 11.1 Å². The molecular formula is C17H12Cl2N2O2. The summed E-state index contributed by atoms with van der Waals surface area (Å²) < 4.78 is 5.69. The summed E-state index contributed by atoms with van der Waals surface area (Å²) in [7, 11) is 0. The topological polar surface area (TPSA) is 65.2 Å². The number of benzene rings is 2. The van der Waals surface area contributed by atoms with Gasteiger partial charge in [0.1, 0.15) is 17.5 Å². The van der Waals surface area contributed by atoms with E-state index in [-0.39, 0.29) is 12.2 Å². The van der Waals surface area contributed by atoms with Crippen LogP contribution in [0.4, 0.5) is 0 Å². The molecule has 0 saturated heterocycles. The van der Waals surface area contributed by atoms with Crippen LogP contribution in [0, 0.1) is 0 Å². The van der Waals surface area contributed by atoms with Crippen LogP contribution in [0.2, 0.25) is 10.2 Å². The van der Waals surface area contributed by atoms with Crippen LogP contribution in [0.3, 0.4) is 0 Å². The third-order valence-corrected chi connectivity index (χ3v) is 3.90. The maximum absolute atomic E-state index is 11.5. The molecule has 1 aromatic heterocycles. The summed E-state index contributed by atoms with van der Waals surface area (Å²) in [4.78, 5) is 15.8. The van der Waals surface area contributed by atoms with Crippen molar-refractivity contribution in [3.63, 3.8) is 0 Å². The van der Waals surface area contributed by atoms with Gasteiger partial charge in [0.25, 0.3) is 5.91 Å². The SMILES string of the molecule is NC(=O)c1cc(Cl)ccc1OCc1cc2ccccc2nc1Cl. The molecule has 2 aromatic carbocycles. The predicted molar refractivity (Wildman–Crippen MR) is 91.1 cm³/mol. The highest BCUT2D eigenvalue weighted by Gasteiger charge is 2.12. The van der Waals surface area contributed by atoms with E-state index in [4.69, 9.17) is 33.7 Å². The number of para-hydroxylation sites is 1. The van der Waals surface area contributed by atoms with E-state index in [9.17, 15) is 4.79 Å². The van der Waals surface area contributed by atoms with Gasteiger partial charge in [-0.05, 0) is 30.3 Å². The minimum absolute atomic E-state index is 0.165. The fourth-order valence-electron chi connectivity index (χ4n) is 2.21. The van der Waals surface area contributed by atoms with E-state index in [1.165, 1.54) is 6.07 Å². The van der Waals surface area contributed by atoms with Gasteiger partial charge >= 0.3 is 0 Å². The lowest BCUT2D eigenvalue weighted by Crippen LogP contribution is -2.13. The molecule has 3 aromatic rings. The third kappa shape index (κ3) is 3.38. The van der Waals surface area contributed by atoms with E-state index in [1.54, 1.807) is 12.1 Å². The first-order valence-electron chi connectivity index (χ1n) is 6.81. The second-order valence-corrected chi connectivity index (χ2v) is 5.72. The molecule has 0 aliphatic heterocycles. The summed E-state index contributed by atoms with van der Waals surface area (Å²) in [6.45, 7) is 0.165. The molecule has 1 heterocycles. The number of rotatable bonds is 4. The van der Waals surface area contributed by atoms with Gasteiger partial charge in [0.2, 0.25) is 0 Å². The van der Waals surface area contributed by atoms with Gasteiger partial charge in [-0.15, -0.1) is 0 Å².